The van der Waals surface area contributed by atoms with Gasteiger partial charge in [-0.2, -0.15) is 0 Å². The van der Waals surface area contributed by atoms with Crippen LogP contribution in [0, 0.1) is 0 Å². The van der Waals surface area contributed by atoms with Gasteiger partial charge in [0.25, 0.3) is 0 Å². The highest BCUT2D eigenvalue weighted by molar-refractivity contribution is 8.26. The molecule has 0 radical (unpaired) electrons. The SMILES string of the molecule is C=CCCCCOc1csc2c1-c1c(OCCCCC=C)csc1C1(Sc3ccccc3S1)C21Sc2ccccc2S1. The summed E-state index contributed by atoms with van der Waals surface area (Å²) in [4.78, 5) is 8.25. The smallest absolute Gasteiger partial charge is 0.138 e. The summed E-state index contributed by atoms with van der Waals surface area (Å²) in [5, 5.41) is 4.52. The van der Waals surface area contributed by atoms with E-state index in [-0.39, 0.29) is 8.16 Å². The Balaban J connectivity index is 1.36. The summed E-state index contributed by atoms with van der Waals surface area (Å²) in [6.45, 7) is 9.18. The molecule has 2 nitrogen and oxygen atoms in total. The summed E-state index contributed by atoms with van der Waals surface area (Å²) in [6, 6.07) is 17.9. The molecule has 0 atom stereocenters. The van der Waals surface area contributed by atoms with Crippen LogP contribution in [0.1, 0.15) is 48.3 Å². The van der Waals surface area contributed by atoms with Crippen molar-refractivity contribution in [3.8, 4) is 22.6 Å². The molecule has 0 unspecified atom stereocenters. The van der Waals surface area contributed by atoms with Gasteiger partial charge in [-0.3, -0.25) is 0 Å². The number of thioether (sulfide) groups is 4. The lowest BCUT2D eigenvalue weighted by molar-refractivity contribution is 0.305. The van der Waals surface area contributed by atoms with E-state index in [9.17, 15) is 0 Å². The first-order valence-corrected chi connectivity index (χ1v) is 19.4. The maximum atomic E-state index is 6.60. The topological polar surface area (TPSA) is 18.5 Å². The molecule has 216 valence electrons. The number of benzene rings is 2. The second kappa shape index (κ2) is 12.4. The highest BCUT2D eigenvalue weighted by Crippen LogP contribution is 2.84. The van der Waals surface area contributed by atoms with Crippen molar-refractivity contribution >= 4 is 69.7 Å². The fourth-order valence-electron chi connectivity index (χ4n) is 5.65. The van der Waals surface area contributed by atoms with Gasteiger partial charge in [-0.05, 0) is 62.8 Å². The van der Waals surface area contributed by atoms with Crippen molar-refractivity contribution in [2.75, 3.05) is 13.2 Å². The predicted octanol–water partition coefficient (Wildman–Crippen LogP) is 12.1. The van der Waals surface area contributed by atoms with Gasteiger partial charge in [0, 0.05) is 51.2 Å². The molecule has 3 aliphatic rings. The van der Waals surface area contributed by atoms with E-state index in [0.717, 1.165) is 50.0 Å². The third-order valence-corrected chi connectivity index (χ3v) is 17.6. The summed E-state index contributed by atoms with van der Waals surface area (Å²) in [5.41, 5.74) is 2.49. The molecule has 1 aliphatic carbocycles. The normalized spacial score (nSPS) is 16.6. The van der Waals surface area contributed by atoms with Gasteiger partial charge in [-0.1, -0.05) is 83.5 Å². The van der Waals surface area contributed by atoms with Crippen molar-refractivity contribution in [2.45, 2.75) is 66.3 Å². The lowest BCUT2D eigenvalue weighted by atomic mass is 9.94. The van der Waals surface area contributed by atoms with Gasteiger partial charge in [-0.15, -0.1) is 35.8 Å². The van der Waals surface area contributed by atoms with Gasteiger partial charge in [0.15, 0.2) is 0 Å². The Morgan fingerprint density at radius 2 is 0.952 bits per heavy atom. The molecule has 2 spiro atoms. The fraction of sp³-hybridized carbons (Fsp3) is 0.294. The zero-order chi connectivity index (χ0) is 28.6. The minimum absolute atomic E-state index is 0.241. The molecular formula is C34H32O2S6. The van der Waals surface area contributed by atoms with E-state index in [0.29, 0.717) is 13.2 Å². The van der Waals surface area contributed by atoms with Crippen molar-refractivity contribution in [3.63, 3.8) is 0 Å². The van der Waals surface area contributed by atoms with Crippen LogP contribution in [-0.2, 0) is 8.16 Å². The van der Waals surface area contributed by atoms with Crippen molar-refractivity contribution in [1.82, 2.24) is 0 Å². The first-order chi connectivity index (χ1) is 20.7. The van der Waals surface area contributed by atoms with Crippen LogP contribution < -0.4 is 9.47 Å². The number of thiophene rings is 2. The van der Waals surface area contributed by atoms with E-state index in [1.54, 1.807) is 0 Å². The van der Waals surface area contributed by atoms with E-state index in [2.05, 4.69) is 72.4 Å². The van der Waals surface area contributed by atoms with Crippen LogP contribution in [0.15, 0.2) is 104 Å². The monoisotopic (exact) mass is 664 g/mol. The lowest BCUT2D eigenvalue weighted by Crippen LogP contribution is -2.39. The molecule has 0 fully saturated rings. The molecule has 42 heavy (non-hydrogen) atoms. The Labute approximate surface area is 273 Å². The van der Waals surface area contributed by atoms with E-state index < -0.39 is 0 Å². The van der Waals surface area contributed by atoms with E-state index >= 15 is 0 Å². The highest BCUT2D eigenvalue weighted by Gasteiger charge is 2.67. The van der Waals surface area contributed by atoms with Crippen LogP contribution in [0.5, 0.6) is 11.5 Å². The average Bonchev–Trinajstić information content (AvgIpc) is 3.79. The van der Waals surface area contributed by atoms with E-state index in [1.165, 1.54) is 40.5 Å². The van der Waals surface area contributed by atoms with Gasteiger partial charge < -0.3 is 9.47 Å². The Morgan fingerprint density at radius 1 is 0.571 bits per heavy atom. The molecule has 4 aromatic rings. The van der Waals surface area contributed by atoms with E-state index in [4.69, 9.17) is 9.47 Å². The number of hydrogen-bond acceptors (Lipinski definition) is 8. The summed E-state index contributed by atoms with van der Waals surface area (Å²) in [5.74, 6) is 2.00. The van der Waals surface area contributed by atoms with E-state index in [1.807, 2.05) is 81.9 Å². The molecule has 0 saturated carbocycles. The second-order valence-electron chi connectivity index (χ2n) is 10.4. The molecular weight excluding hydrogens is 633 g/mol. The molecule has 2 aromatic heterocycles. The number of unbranched alkanes of at least 4 members (excludes halogenated alkanes) is 4. The van der Waals surface area contributed by atoms with Gasteiger partial charge in [0.1, 0.15) is 19.7 Å². The van der Waals surface area contributed by atoms with Crippen molar-refractivity contribution in [3.05, 3.63) is 94.4 Å². The standard InChI is InChI=1S/C34H32O2S6/c1-3-5-7-13-19-35-23-21-37-31-29(23)30-24(36-20-14-8-6-4-2)22-38-32(30)34(41-27-17-11-12-18-28(27)42-34)33(31)39-25-15-9-10-16-26(25)40-33/h3-4,9-12,15-18,21-22H,1-2,5-8,13-14,19-20H2. The average molecular weight is 665 g/mol. The van der Waals surface area contributed by atoms with Crippen LogP contribution >= 0.6 is 69.7 Å². The Bertz CT molecular complexity index is 1450. The molecule has 7 rings (SSSR count). The number of hydrogen-bond donors (Lipinski definition) is 0. The Morgan fingerprint density at radius 3 is 1.31 bits per heavy atom. The van der Waals surface area contributed by atoms with Gasteiger partial charge in [-0.25, -0.2) is 0 Å². The zero-order valence-corrected chi connectivity index (χ0v) is 28.2. The largest absolute Gasteiger partial charge is 0.492 e. The van der Waals surface area contributed by atoms with Gasteiger partial charge in [0.05, 0.1) is 13.2 Å². The second-order valence-corrected chi connectivity index (χ2v) is 17.7. The molecule has 0 amide bonds. The lowest BCUT2D eigenvalue weighted by Gasteiger charge is -2.46. The predicted molar refractivity (Wildman–Crippen MR) is 186 cm³/mol. The highest BCUT2D eigenvalue weighted by atomic mass is 32.2. The van der Waals surface area contributed by atoms with Gasteiger partial charge in [0.2, 0.25) is 0 Å². The molecule has 8 heteroatoms. The summed E-state index contributed by atoms with van der Waals surface area (Å²) >= 11 is 11.9. The van der Waals surface area contributed by atoms with Crippen LogP contribution in [0.2, 0.25) is 0 Å². The first kappa shape index (κ1) is 29.1. The van der Waals surface area contributed by atoms with Crippen molar-refractivity contribution in [2.24, 2.45) is 0 Å². The number of rotatable bonds is 12. The van der Waals surface area contributed by atoms with Crippen LogP contribution in [0.4, 0.5) is 0 Å². The summed E-state index contributed by atoms with van der Waals surface area (Å²) in [7, 11) is 0. The minimum Gasteiger partial charge on any atom is -0.492 e. The van der Waals surface area contributed by atoms with Crippen LogP contribution in [0.3, 0.4) is 0 Å². The molecule has 2 aromatic carbocycles. The third kappa shape index (κ3) is 4.81. The summed E-state index contributed by atoms with van der Waals surface area (Å²) < 4.78 is 12.7. The Kier molecular flexibility index (Phi) is 8.56. The first-order valence-electron chi connectivity index (χ1n) is 14.4. The van der Waals surface area contributed by atoms with Crippen LogP contribution in [-0.4, -0.2) is 13.2 Å². The maximum absolute atomic E-state index is 6.60. The van der Waals surface area contributed by atoms with Crippen molar-refractivity contribution < 1.29 is 9.47 Å². The maximum Gasteiger partial charge on any atom is 0.138 e. The number of fused-ring (bicyclic) bond motifs is 8. The Hall–Kier alpha value is -1.68. The molecule has 4 heterocycles. The van der Waals surface area contributed by atoms with Gasteiger partial charge >= 0.3 is 0 Å². The molecule has 0 bridgehead atoms. The quantitative estimate of drug-likeness (QED) is 0.110. The summed E-state index contributed by atoms with van der Waals surface area (Å²) in [6.07, 6.45) is 10.3. The molecule has 2 aliphatic heterocycles. The van der Waals surface area contributed by atoms with Crippen LogP contribution in [0.25, 0.3) is 11.1 Å². The molecule has 0 N–H and O–H groups in total. The minimum atomic E-state index is -0.241. The van der Waals surface area contributed by atoms with Crippen molar-refractivity contribution in [1.29, 1.82) is 0 Å². The number of allylic oxidation sites excluding steroid dienone is 2. The third-order valence-electron chi connectivity index (χ3n) is 7.63. The fourth-order valence-corrected chi connectivity index (χ4v) is 16.2. The zero-order valence-electron chi connectivity index (χ0n) is 23.3. The number of ether oxygens (including phenoxy) is 2. The molecule has 0 saturated heterocycles.